The summed E-state index contributed by atoms with van der Waals surface area (Å²) in [5.41, 5.74) is 1.67. The van der Waals surface area contributed by atoms with E-state index < -0.39 is 23.8 Å². The van der Waals surface area contributed by atoms with Crippen LogP contribution in [0.4, 0.5) is 11.4 Å². The number of carbonyl (C=O) groups is 3. The van der Waals surface area contributed by atoms with Gasteiger partial charge >= 0.3 is 0 Å². The molecule has 0 spiro atoms. The van der Waals surface area contributed by atoms with Crippen LogP contribution in [0.2, 0.25) is 10.0 Å². The third kappa shape index (κ3) is 2.72. The van der Waals surface area contributed by atoms with Crippen molar-refractivity contribution in [1.82, 2.24) is 0 Å². The molecule has 2 amide bonds. The van der Waals surface area contributed by atoms with E-state index >= 15 is 0 Å². The van der Waals surface area contributed by atoms with Crippen LogP contribution >= 0.6 is 23.2 Å². The van der Waals surface area contributed by atoms with Crippen molar-refractivity contribution in [2.45, 2.75) is 19.9 Å². The number of amides is 2. The Labute approximate surface area is 171 Å². The molecule has 1 saturated heterocycles. The van der Waals surface area contributed by atoms with Gasteiger partial charge in [0.1, 0.15) is 17.7 Å². The van der Waals surface area contributed by atoms with Crippen molar-refractivity contribution in [2.24, 2.45) is 11.0 Å². The Morgan fingerprint density at radius 1 is 1.04 bits per heavy atom. The molecule has 2 aromatic rings. The van der Waals surface area contributed by atoms with Crippen LogP contribution in [0, 0.1) is 12.8 Å². The van der Waals surface area contributed by atoms with Crippen LogP contribution in [0.3, 0.4) is 0 Å². The van der Waals surface area contributed by atoms with Crippen molar-refractivity contribution >= 4 is 57.9 Å². The number of carbonyl (C=O) groups excluding carboxylic acids is 3. The van der Waals surface area contributed by atoms with Crippen LogP contribution in [0.1, 0.15) is 12.5 Å². The van der Waals surface area contributed by atoms with E-state index in [-0.39, 0.29) is 11.5 Å². The summed E-state index contributed by atoms with van der Waals surface area (Å²) in [7, 11) is 0. The summed E-state index contributed by atoms with van der Waals surface area (Å²) in [5.74, 6) is -2.24. The molecule has 2 aliphatic rings. The Bertz CT molecular complexity index is 1050. The topological polar surface area (TPSA) is 70.1 Å². The van der Waals surface area contributed by atoms with Gasteiger partial charge in [-0.3, -0.25) is 19.4 Å². The maximum Gasteiger partial charge on any atom is 0.259 e. The smallest absolute Gasteiger partial charge is 0.259 e. The molecule has 8 heteroatoms. The summed E-state index contributed by atoms with van der Waals surface area (Å²) in [6.45, 7) is 3.08. The second-order valence-corrected chi connectivity index (χ2v) is 7.52. The lowest BCUT2D eigenvalue weighted by molar-refractivity contribution is -0.122. The van der Waals surface area contributed by atoms with Gasteiger partial charge in [-0.2, -0.15) is 5.10 Å². The van der Waals surface area contributed by atoms with E-state index in [0.717, 1.165) is 4.90 Å². The Hall–Kier alpha value is -2.70. The normalized spacial score (nSPS) is 21.2. The van der Waals surface area contributed by atoms with E-state index in [4.69, 9.17) is 23.2 Å². The van der Waals surface area contributed by atoms with Crippen LogP contribution in [0.25, 0.3) is 0 Å². The first-order chi connectivity index (χ1) is 13.3. The van der Waals surface area contributed by atoms with Crippen molar-refractivity contribution in [1.29, 1.82) is 0 Å². The number of rotatable bonds is 3. The molecule has 1 fully saturated rings. The number of nitrogens with zero attached hydrogens (tertiary/aromatic N) is 3. The fourth-order valence-electron chi connectivity index (χ4n) is 3.59. The first-order valence-electron chi connectivity index (χ1n) is 8.58. The first kappa shape index (κ1) is 18.7. The monoisotopic (exact) mass is 415 g/mol. The Morgan fingerprint density at radius 3 is 2.36 bits per heavy atom. The quantitative estimate of drug-likeness (QED) is 0.717. The molecule has 4 rings (SSSR count). The van der Waals surface area contributed by atoms with Gasteiger partial charge in [0.2, 0.25) is 5.91 Å². The van der Waals surface area contributed by atoms with Crippen LogP contribution in [-0.2, 0) is 14.4 Å². The lowest BCUT2D eigenvalue weighted by Gasteiger charge is -2.23. The summed E-state index contributed by atoms with van der Waals surface area (Å²) in [6, 6.07) is 10.8. The highest BCUT2D eigenvalue weighted by molar-refractivity contribution is 6.49. The zero-order valence-electron chi connectivity index (χ0n) is 15.0. The second-order valence-electron chi connectivity index (χ2n) is 6.68. The number of ketones is 1. The van der Waals surface area contributed by atoms with E-state index in [1.54, 1.807) is 49.4 Å². The number of hydrazone groups is 1. The zero-order valence-corrected chi connectivity index (χ0v) is 16.5. The van der Waals surface area contributed by atoms with Gasteiger partial charge in [0, 0.05) is 17.0 Å². The fraction of sp³-hybridized carbons (Fsp3) is 0.200. The van der Waals surface area contributed by atoms with Crippen LogP contribution in [0.5, 0.6) is 0 Å². The molecule has 2 aromatic carbocycles. The Kier molecular flexibility index (Phi) is 4.48. The van der Waals surface area contributed by atoms with Gasteiger partial charge in [-0.15, -0.1) is 0 Å². The minimum atomic E-state index is -0.959. The number of hydrogen-bond acceptors (Lipinski definition) is 5. The number of benzene rings is 2. The minimum Gasteiger partial charge on any atom is -0.293 e. The van der Waals surface area contributed by atoms with Gasteiger partial charge in [-0.25, -0.2) is 4.90 Å². The van der Waals surface area contributed by atoms with Crippen molar-refractivity contribution in [3.05, 3.63) is 58.1 Å². The summed E-state index contributed by atoms with van der Waals surface area (Å²) in [4.78, 5) is 39.7. The molecule has 0 saturated carbocycles. The van der Waals surface area contributed by atoms with Gasteiger partial charge in [0.05, 0.1) is 11.4 Å². The SMILES string of the molecule is CC(=O)C1=NN(c2ccc(Cl)cc2)[C@@H]2C(=O)N(c3cccc(Cl)c3C)C(=O)[C@@H]12. The highest BCUT2D eigenvalue weighted by Crippen LogP contribution is 2.39. The standard InChI is InChI=1S/C20H15Cl2N3O3/c1-10-14(22)4-3-5-15(10)24-19(27)16-17(11(2)26)23-25(18(16)20(24)28)13-8-6-12(21)7-9-13/h3-9,16,18H,1-2H3/t16-,18-/m0/s1. The van der Waals surface area contributed by atoms with E-state index in [0.29, 0.717) is 27.0 Å². The molecule has 2 aliphatic heterocycles. The third-order valence-electron chi connectivity index (χ3n) is 4.98. The first-order valence-corrected chi connectivity index (χ1v) is 9.34. The van der Waals surface area contributed by atoms with Crippen LogP contribution < -0.4 is 9.91 Å². The van der Waals surface area contributed by atoms with Gasteiger partial charge in [0.15, 0.2) is 5.78 Å². The number of fused-ring (bicyclic) bond motifs is 1. The second kappa shape index (κ2) is 6.72. The number of anilines is 2. The predicted octanol–water partition coefficient (Wildman–Crippen LogP) is 3.63. The Balaban J connectivity index is 1.83. The number of halogens is 2. The molecule has 0 aliphatic carbocycles. The van der Waals surface area contributed by atoms with Gasteiger partial charge in [-0.1, -0.05) is 29.3 Å². The van der Waals surface area contributed by atoms with E-state index in [2.05, 4.69) is 5.10 Å². The van der Waals surface area contributed by atoms with Crippen molar-refractivity contribution in [3.8, 4) is 0 Å². The number of Topliss-reactive ketones (excluding diaryl/α,β-unsaturated/α-hetero) is 1. The lowest BCUT2D eigenvalue weighted by atomic mass is 9.95. The highest BCUT2D eigenvalue weighted by atomic mass is 35.5. The molecule has 0 N–H and O–H groups in total. The predicted molar refractivity (Wildman–Crippen MR) is 108 cm³/mol. The van der Waals surface area contributed by atoms with E-state index in [1.165, 1.54) is 11.9 Å². The highest BCUT2D eigenvalue weighted by Gasteiger charge is 2.58. The molecule has 0 radical (unpaired) electrons. The number of hydrogen-bond donors (Lipinski definition) is 0. The van der Waals surface area contributed by atoms with E-state index in [1.807, 2.05) is 0 Å². The molecular formula is C20H15Cl2N3O3. The van der Waals surface area contributed by atoms with Gasteiger partial charge in [0.25, 0.3) is 5.91 Å². The average molecular weight is 416 g/mol. The lowest BCUT2D eigenvalue weighted by Crippen LogP contribution is -2.39. The van der Waals surface area contributed by atoms with E-state index in [9.17, 15) is 14.4 Å². The van der Waals surface area contributed by atoms with Crippen molar-refractivity contribution < 1.29 is 14.4 Å². The van der Waals surface area contributed by atoms with Crippen LogP contribution in [0.15, 0.2) is 47.6 Å². The number of imide groups is 1. The third-order valence-corrected chi connectivity index (χ3v) is 5.64. The zero-order chi connectivity index (χ0) is 20.2. The molecule has 2 atom stereocenters. The maximum atomic E-state index is 13.3. The van der Waals surface area contributed by atoms with Crippen LogP contribution in [-0.4, -0.2) is 29.4 Å². The molecule has 2 heterocycles. The summed E-state index contributed by atoms with van der Waals surface area (Å²) in [6.07, 6.45) is 0. The molecule has 142 valence electrons. The van der Waals surface area contributed by atoms with Gasteiger partial charge < -0.3 is 0 Å². The molecule has 6 nitrogen and oxygen atoms in total. The van der Waals surface area contributed by atoms with Crippen molar-refractivity contribution in [2.75, 3.05) is 9.91 Å². The summed E-state index contributed by atoms with van der Waals surface area (Å²) >= 11 is 12.1. The summed E-state index contributed by atoms with van der Waals surface area (Å²) in [5, 5.41) is 6.71. The van der Waals surface area contributed by atoms with Crippen molar-refractivity contribution in [3.63, 3.8) is 0 Å². The molecule has 28 heavy (non-hydrogen) atoms. The fourth-order valence-corrected chi connectivity index (χ4v) is 3.88. The molecular weight excluding hydrogens is 401 g/mol. The molecule has 0 bridgehead atoms. The average Bonchev–Trinajstić information content (AvgIpc) is 3.16. The van der Waals surface area contributed by atoms with Gasteiger partial charge in [-0.05, 0) is 48.9 Å². The molecule has 0 aromatic heterocycles. The Morgan fingerprint density at radius 2 is 1.71 bits per heavy atom. The maximum absolute atomic E-state index is 13.3. The minimum absolute atomic E-state index is 0.0699. The largest absolute Gasteiger partial charge is 0.293 e. The molecule has 0 unspecified atom stereocenters. The summed E-state index contributed by atoms with van der Waals surface area (Å²) < 4.78 is 0.